The maximum Gasteiger partial charge on any atom is 0.368 e. The van der Waals surface area contributed by atoms with Crippen LogP contribution in [0.25, 0.3) is 5.69 Å². The minimum absolute atomic E-state index is 0.00894. The number of hydrogen-bond donors (Lipinski definition) is 0. The quantitative estimate of drug-likeness (QED) is 0.687. The first-order chi connectivity index (χ1) is 11.8. The minimum Gasteiger partial charge on any atom is -0.491 e. The van der Waals surface area contributed by atoms with Crippen molar-refractivity contribution in [1.29, 1.82) is 0 Å². The van der Waals surface area contributed by atoms with E-state index in [9.17, 15) is 4.79 Å². The Morgan fingerprint density at radius 3 is 2.60 bits per heavy atom. The first kappa shape index (κ1) is 17.7. The number of hydrogen-bond acceptors (Lipinski definition) is 5. The number of aromatic nitrogens is 4. The molecule has 2 aromatic rings. The average molecular weight is 344 g/mol. The fourth-order valence-electron chi connectivity index (χ4n) is 2.92. The number of rotatable bonds is 6. The molecule has 7 nitrogen and oxygen atoms in total. The molecule has 0 radical (unpaired) electrons. The highest BCUT2D eigenvalue weighted by molar-refractivity contribution is 6.33. The molecule has 0 spiro atoms. The van der Waals surface area contributed by atoms with Gasteiger partial charge in [0.15, 0.2) is 0 Å². The molecule has 0 unspecified atom stereocenters. The van der Waals surface area contributed by atoms with Gasteiger partial charge in [-0.1, -0.05) is 26.2 Å². The Balaban J connectivity index is 2.07. The van der Waals surface area contributed by atoms with Crippen molar-refractivity contribution in [3.8, 4) is 11.4 Å². The van der Waals surface area contributed by atoms with Gasteiger partial charge < -0.3 is 9.47 Å². The standard InChI is InChI=1S/C17H25BN4O3/c1-5-17(2,3)12-6-14(22-16(23)21(4)19-20-22)15(7-13(12)18)25-10-11-8-24-9-11/h6-7,11H,5,8-10,18H2,1-4H3. The van der Waals surface area contributed by atoms with Crippen molar-refractivity contribution >= 4 is 13.3 Å². The zero-order valence-electron chi connectivity index (χ0n) is 15.6. The molecule has 25 heavy (non-hydrogen) atoms. The largest absolute Gasteiger partial charge is 0.491 e. The van der Waals surface area contributed by atoms with E-state index in [2.05, 4.69) is 39.0 Å². The lowest BCUT2D eigenvalue weighted by Gasteiger charge is -2.29. The van der Waals surface area contributed by atoms with Crippen LogP contribution >= 0.6 is 0 Å². The molecule has 1 aromatic carbocycles. The Morgan fingerprint density at radius 2 is 2.08 bits per heavy atom. The van der Waals surface area contributed by atoms with Crippen molar-refractivity contribution in [2.24, 2.45) is 13.0 Å². The van der Waals surface area contributed by atoms with Gasteiger partial charge in [-0.3, -0.25) is 0 Å². The molecule has 0 amide bonds. The molecule has 1 fully saturated rings. The smallest absolute Gasteiger partial charge is 0.368 e. The second-order valence-corrected chi connectivity index (χ2v) is 7.38. The lowest BCUT2D eigenvalue weighted by Crippen LogP contribution is -2.33. The number of ether oxygens (including phenoxy) is 2. The van der Waals surface area contributed by atoms with Crippen LogP contribution in [0.2, 0.25) is 0 Å². The van der Waals surface area contributed by atoms with Crippen LogP contribution in [0.1, 0.15) is 32.8 Å². The van der Waals surface area contributed by atoms with Gasteiger partial charge >= 0.3 is 5.69 Å². The van der Waals surface area contributed by atoms with Crippen molar-refractivity contribution in [3.05, 3.63) is 28.2 Å². The third kappa shape index (κ3) is 3.35. The average Bonchev–Trinajstić information content (AvgIpc) is 2.85. The van der Waals surface area contributed by atoms with Crippen LogP contribution in [-0.4, -0.2) is 47.5 Å². The molecule has 0 saturated carbocycles. The van der Waals surface area contributed by atoms with Gasteiger partial charge in [0.2, 0.25) is 0 Å². The third-order valence-electron chi connectivity index (χ3n) is 5.05. The van der Waals surface area contributed by atoms with Crippen molar-refractivity contribution in [2.45, 2.75) is 32.6 Å². The van der Waals surface area contributed by atoms with Gasteiger partial charge in [0, 0.05) is 13.0 Å². The highest BCUT2D eigenvalue weighted by atomic mass is 16.5. The van der Waals surface area contributed by atoms with Gasteiger partial charge in [0.25, 0.3) is 0 Å². The molecule has 3 rings (SSSR count). The molecule has 1 aliphatic heterocycles. The molecule has 0 atom stereocenters. The van der Waals surface area contributed by atoms with Crippen LogP contribution in [0.3, 0.4) is 0 Å². The number of nitrogens with zero attached hydrogens (tertiary/aromatic N) is 4. The highest BCUT2D eigenvalue weighted by Crippen LogP contribution is 2.31. The molecule has 2 heterocycles. The first-order valence-electron chi connectivity index (χ1n) is 8.68. The SMILES string of the molecule is Bc1cc(OCC2COC2)c(-n2nnn(C)c2=O)cc1C(C)(C)CC. The zero-order chi connectivity index (χ0) is 18.2. The Kier molecular flexibility index (Phi) is 4.73. The van der Waals surface area contributed by atoms with E-state index in [4.69, 9.17) is 9.47 Å². The van der Waals surface area contributed by atoms with Gasteiger partial charge in [0.05, 0.1) is 19.8 Å². The van der Waals surface area contributed by atoms with Crippen LogP contribution in [0.4, 0.5) is 0 Å². The van der Waals surface area contributed by atoms with Crippen LogP contribution in [-0.2, 0) is 17.2 Å². The van der Waals surface area contributed by atoms with Gasteiger partial charge in [-0.2, -0.15) is 9.36 Å². The Labute approximate surface area is 148 Å². The summed E-state index contributed by atoms with van der Waals surface area (Å²) in [6.45, 7) is 8.57. The van der Waals surface area contributed by atoms with E-state index in [0.717, 1.165) is 25.1 Å². The van der Waals surface area contributed by atoms with Crippen LogP contribution < -0.4 is 15.9 Å². The summed E-state index contributed by atoms with van der Waals surface area (Å²) >= 11 is 0. The second-order valence-electron chi connectivity index (χ2n) is 7.38. The summed E-state index contributed by atoms with van der Waals surface area (Å²) in [6, 6.07) is 4.02. The van der Waals surface area contributed by atoms with Gasteiger partial charge in [-0.05, 0) is 40.0 Å². The Bertz CT molecular complexity index is 824. The van der Waals surface area contributed by atoms with Crippen molar-refractivity contribution in [3.63, 3.8) is 0 Å². The molecule has 1 aliphatic rings. The van der Waals surface area contributed by atoms with E-state index < -0.39 is 0 Å². The van der Waals surface area contributed by atoms with E-state index in [1.165, 1.54) is 14.9 Å². The van der Waals surface area contributed by atoms with Crippen LogP contribution in [0, 0.1) is 5.92 Å². The van der Waals surface area contributed by atoms with E-state index in [1.807, 2.05) is 12.1 Å². The summed E-state index contributed by atoms with van der Waals surface area (Å²) < 4.78 is 13.8. The van der Waals surface area contributed by atoms with Crippen molar-refractivity contribution < 1.29 is 9.47 Å². The summed E-state index contributed by atoms with van der Waals surface area (Å²) in [5, 5.41) is 7.83. The summed E-state index contributed by atoms with van der Waals surface area (Å²) in [5.41, 5.74) is 2.67. The number of benzene rings is 1. The van der Waals surface area contributed by atoms with E-state index in [1.54, 1.807) is 7.05 Å². The maximum absolute atomic E-state index is 12.4. The lowest BCUT2D eigenvalue weighted by molar-refractivity contribution is -0.0508. The predicted octanol–water partition coefficient (Wildman–Crippen LogP) is -0.0628. The fraction of sp³-hybridized carbons (Fsp3) is 0.588. The predicted molar refractivity (Wildman–Crippen MR) is 97.9 cm³/mol. The van der Waals surface area contributed by atoms with Crippen LogP contribution in [0.5, 0.6) is 5.75 Å². The monoisotopic (exact) mass is 344 g/mol. The summed E-state index contributed by atoms with van der Waals surface area (Å²) in [6.07, 6.45) is 0.988. The molecule has 0 aliphatic carbocycles. The molecule has 134 valence electrons. The van der Waals surface area contributed by atoms with E-state index >= 15 is 0 Å². The highest BCUT2D eigenvalue weighted by Gasteiger charge is 2.25. The molecule has 0 bridgehead atoms. The summed E-state index contributed by atoms with van der Waals surface area (Å²) in [5.74, 6) is 1.06. The van der Waals surface area contributed by atoms with Gasteiger partial charge in [0.1, 0.15) is 19.3 Å². The van der Waals surface area contributed by atoms with Crippen LogP contribution in [0.15, 0.2) is 16.9 Å². The minimum atomic E-state index is -0.291. The third-order valence-corrected chi connectivity index (χ3v) is 5.05. The van der Waals surface area contributed by atoms with Crippen molar-refractivity contribution in [2.75, 3.05) is 19.8 Å². The Morgan fingerprint density at radius 1 is 1.36 bits per heavy atom. The second kappa shape index (κ2) is 6.67. The first-order valence-corrected chi connectivity index (χ1v) is 8.68. The molecule has 1 saturated heterocycles. The zero-order valence-corrected chi connectivity index (χ0v) is 15.6. The Hall–Kier alpha value is -2.09. The number of aryl methyl sites for hydroxylation is 1. The summed E-state index contributed by atoms with van der Waals surface area (Å²) in [7, 11) is 3.67. The topological polar surface area (TPSA) is 71.2 Å². The summed E-state index contributed by atoms with van der Waals surface area (Å²) in [4.78, 5) is 12.4. The normalized spacial score (nSPS) is 15.2. The maximum atomic E-state index is 12.4. The lowest BCUT2D eigenvalue weighted by atomic mass is 9.74. The van der Waals surface area contributed by atoms with Gasteiger partial charge in [-0.25, -0.2) is 4.79 Å². The molecular weight excluding hydrogens is 319 g/mol. The van der Waals surface area contributed by atoms with Crippen molar-refractivity contribution in [1.82, 2.24) is 19.8 Å². The number of tetrazole rings is 1. The molecule has 0 N–H and O–H groups in total. The molecular formula is C17H25BN4O3. The molecule has 1 aromatic heterocycles. The fourth-order valence-corrected chi connectivity index (χ4v) is 2.92. The van der Waals surface area contributed by atoms with E-state index in [-0.39, 0.29) is 11.1 Å². The van der Waals surface area contributed by atoms with Gasteiger partial charge in [-0.15, -0.1) is 0 Å². The van der Waals surface area contributed by atoms with E-state index in [0.29, 0.717) is 24.0 Å². The molecule has 8 heteroatoms.